The predicted molar refractivity (Wildman–Crippen MR) is 60.2 cm³/mol. The van der Waals surface area contributed by atoms with Crippen LogP contribution in [-0.2, 0) is 4.74 Å². The van der Waals surface area contributed by atoms with Crippen molar-refractivity contribution in [3.8, 4) is 0 Å². The standard InChI is InChI=1S/C6H8I2O3/c1-3(9)5(7)11-6(8)4(2)10/h5-6,9-10H,1-2H2. The third-order valence-electron chi connectivity index (χ3n) is 0.763. The number of rotatable bonds is 4. The van der Waals surface area contributed by atoms with Gasteiger partial charge in [0.05, 0.1) is 0 Å². The quantitative estimate of drug-likeness (QED) is 0.447. The Hall–Kier alpha value is 0.500. The maximum Gasteiger partial charge on any atom is 0.166 e. The summed E-state index contributed by atoms with van der Waals surface area (Å²) in [5, 5.41) is 17.6. The molecule has 0 saturated heterocycles. The van der Waals surface area contributed by atoms with Crippen molar-refractivity contribution >= 4 is 45.2 Å². The van der Waals surface area contributed by atoms with Gasteiger partial charge >= 0.3 is 0 Å². The third-order valence-corrected chi connectivity index (χ3v) is 2.79. The second kappa shape index (κ2) is 5.20. The zero-order valence-corrected chi connectivity index (χ0v) is 9.94. The number of alkyl halides is 2. The molecular formula is C6H8I2O3. The van der Waals surface area contributed by atoms with Gasteiger partial charge < -0.3 is 14.9 Å². The molecule has 0 aliphatic heterocycles. The molecule has 2 N–H and O–H groups in total. The summed E-state index contributed by atoms with van der Waals surface area (Å²) >= 11 is 3.70. The molecule has 0 aliphatic rings. The van der Waals surface area contributed by atoms with Gasteiger partial charge in [0.2, 0.25) is 0 Å². The summed E-state index contributed by atoms with van der Waals surface area (Å²) in [5.41, 5.74) is 0. The number of ether oxygens (including phenoxy) is 1. The lowest BCUT2D eigenvalue weighted by Crippen LogP contribution is -2.14. The highest BCUT2D eigenvalue weighted by Gasteiger charge is 2.15. The van der Waals surface area contributed by atoms with Crippen molar-refractivity contribution in [2.75, 3.05) is 0 Å². The van der Waals surface area contributed by atoms with E-state index in [0.29, 0.717) is 0 Å². The summed E-state index contributed by atoms with van der Waals surface area (Å²) in [4.78, 5) is 0. The van der Waals surface area contributed by atoms with E-state index in [1.165, 1.54) is 0 Å². The molecule has 0 heterocycles. The van der Waals surface area contributed by atoms with E-state index in [9.17, 15) is 0 Å². The van der Waals surface area contributed by atoms with Gasteiger partial charge in [-0.15, -0.1) is 0 Å². The summed E-state index contributed by atoms with van der Waals surface area (Å²) in [5.74, 6) is -0.151. The number of hydrogen-bond donors (Lipinski definition) is 2. The van der Waals surface area contributed by atoms with Crippen LogP contribution in [0.25, 0.3) is 0 Å². The number of aliphatic hydroxyl groups is 2. The summed E-state index contributed by atoms with van der Waals surface area (Å²) in [6, 6.07) is 0. The monoisotopic (exact) mass is 382 g/mol. The normalized spacial score (nSPS) is 15.5. The van der Waals surface area contributed by atoms with E-state index < -0.39 is 8.22 Å². The Morgan fingerprint density at radius 2 is 1.36 bits per heavy atom. The molecule has 0 amide bonds. The number of halogens is 2. The van der Waals surface area contributed by atoms with Crippen molar-refractivity contribution < 1.29 is 14.9 Å². The molecular weight excluding hydrogens is 374 g/mol. The first kappa shape index (κ1) is 11.5. The molecule has 0 saturated carbocycles. The van der Waals surface area contributed by atoms with Crippen LogP contribution in [0.2, 0.25) is 0 Å². The van der Waals surface area contributed by atoms with Gasteiger partial charge in [-0.2, -0.15) is 0 Å². The average molecular weight is 382 g/mol. The molecule has 0 aliphatic carbocycles. The first-order valence-electron chi connectivity index (χ1n) is 2.64. The molecule has 0 aromatic carbocycles. The van der Waals surface area contributed by atoms with Crippen molar-refractivity contribution in [3.63, 3.8) is 0 Å². The fourth-order valence-electron chi connectivity index (χ4n) is 0.262. The van der Waals surface area contributed by atoms with E-state index in [4.69, 9.17) is 14.9 Å². The highest BCUT2D eigenvalue weighted by molar-refractivity contribution is 14.1. The van der Waals surface area contributed by atoms with Crippen LogP contribution < -0.4 is 0 Å². The predicted octanol–water partition coefficient (Wildman–Crippen LogP) is 2.67. The van der Waals surface area contributed by atoms with E-state index in [1.807, 2.05) is 45.2 Å². The topological polar surface area (TPSA) is 49.7 Å². The molecule has 0 aromatic heterocycles. The van der Waals surface area contributed by atoms with Gasteiger partial charge in [0, 0.05) is 0 Å². The zero-order chi connectivity index (χ0) is 9.02. The first-order chi connectivity index (χ1) is 4.95. The molecule has 2 atom stereocenters. The van der Waals surface area contributed by atoms with Gasteiger partial charge in [-0.1, -0.05) is 13.2 Å². The van der Waals surface area contributed by atoms with Crippen molar-refractivity contribution in [2.24, 2.45) is 0 Å². The molecule has 0 bridgehead atoms. The summed E-state index contributed by atoms with van der Waals surface area (Å²) in [7, 11) is 0. The highest BCUT2D eigenvalue weighted by Crippen LogP contribution is 2.19. The van der Waals surface area contributed by atoms with Crippen molar-refractivity contribution in [1.29, 1.82) is 0 Å². The second-order valence-electron chi connectivity index (χ2n) is 1.75. The Labute approximate surface area is 92.4 Å². The number of aliphatic hydroxyl groups excluding tert-OH is 2. The lowest BCUT2D eigenvalue weighted by Gasteiger charge is -2.13. The van der Waals surface area contributed by atoms with E-state index in [0.717, 1.165) is 0 Å². The Kier molecular flexibility index (Phi) is 5.44. The molecule has 0 fully saturated rings. The zero-order valence-electron chi connectivity index (χ0n) is 5.63. The Morgan fingerprint density at radius 1 is 1.09 bits per heavy atom. The highest BCUT2D eigenvalue weighted by atomic mass is 127. The van der Waals surface area contributed by atoms with Crippen molar-refractivity contribution in [1.82, 2.24) is 0 Å². The Balaban J connectivity index is 3.84. The van der Waals surface area contributed by atoms with Gasteiger partial charge in [0.1, 0.15) is 11.5 Å². The average Bonchev–Trinajstić information content (AvgIpc) is 1.87. The van der Waals surface area contributed by atoms with Crippen LogP contribution in [-0.4, -0.2) is 18.4 Å². The van der Waals surface area contributed by atoms with Gasteiger partial charge in [0.15, 0.2) is 8.22 Å². The van der Waals surface area contributed by atoms with Crippen molar-refractivity contribution in [3.05, 3.63) is 24.7 Å². The van der Waals surface area contributed by atoms with E-state index in [2.05, 4.69) is 13.2 Å². The fourth-order valence-corrected chi connectivity index (χ4v) is 1.41. The second-order valence-corrected chi connectivity index (χ2v) is 4.01. The van der Waals surface area contributed by atoms with Gasteiger partial charge in [-0.05, 0) is 45.2 Å². The third kappa shape index (κ3) is 4.86. The molecule has 5 heteroatoms. The maximum atomic E-state index is 8.81. The minimum absolute atomic E-state index is 0.0754. The van der Waals surface area contributed by atoms with Crippen LogP contribution in [0.15, 0.2) is 24.7 Å². The maximum absolute atomic E-state index is 8.81. The summed E-state index contributed by atoms with van der Waals surface area (Å²) in [6.07, 6.45) is 0. The van der Waals surface area contributed by atoms with Crippen LogP contribution >= 0.6 is 45.2 Å². The SMILES string of the molecule is C=C(O)C(I)OC(I)C(=C)O. The Morgan fingerprint density at radius 3 is 1.55 bits per heavy atom. The summed E-state index contributed by atoms with van der Waals surface area (Å²) in [6.45, 7) is 6.55. The molecule has 0 radical (unpaired) electrons. The molecule has 0 aromatic rings. The number of hydrogen-bond acceptors (Lipinski definition) is 3. The van der Waals surface area contributed by atoms with Gasteiger partial charge in [0.25, 0.3) is 0 Å². The van der Waals surface area contributed by atoms with Crippen LogP contribution in [0, 0.1) is 0 Å². The molecule has 64 valence electrons. The van der Waals surface area contributed by atoms with Crippen LogP contribution in [0.1, 0.15) is 0 Å². The largest absolute Gasteiger partial charge is 0.509 e. The lowest BCUT2D eigenvalue weighted by molar-refractivity contribution is 0.100. The lowest BCUT2D eigenvalue weighted by atomic mass is 10.6. The van der Waals surface area contributed by atoms with E-state index >= 15 is 0 Å². The molecule has 2 unspecified atom stereocenters. The first-order valence-corrected chi connectivity index (χ1v) is 5.13. The van der Waals surface area contributed by atoms with Crippen LogP contribution in [0.4, 0.5) is 0 Å². The smallest absolute Gasteiger partial charge is 0.166 e. The van der Waals surface area contributed by atoms with Crippen molar-refractivity contribution in [2.45, 2.75) is 8.22 Å². The molecule has 11 heavy (non-hydrogen) atoms. The van der Waals surface area contributed by atoms with Gasteiger partial charge in [-0.3, -0.25) is 0 Å². The molecule has 0 spiro atoms. The minimum Gasteiger partial charge on any atom is -0.509 e. The van der Waals surface area contributed by atoms with Crippen LogP contribution in [0.3, 0.4) is 0 Å². The summed E-state index contributed by atoms with van der Waals surface area (Å²) < 4.78 is 4.02. The van der Waals surface area contributed by atoms with E-state index in [-0.39, 0.29) is 11.5 Å². The van der Waals surface area contributed by atoms with Gasteiger partial charge in [-0.25, -0.2) is 0 Å². The molecule has 0 rings (SSSR count). The van der Waals surface area contributed by atoms with Crippen LogP contribution in [0.5, 0.6) is 0 Å². The fraction of sp³-hybridized carbons (Fsp3) is 0.333. The Bertz CT molecular complexity index is 151. The van der Waals surface area contributed by atoms with E-state index in [1.54, 1.807) is 0 Å². The minimum atomic E-state index is -0.515. The molecule has 3 nitrogen and oxygen atoms in total.